The summed E-state index contributed by atoms with van der Waals surface area (Å²) < 4.78 is 0. The molecule has 2 aromatic rings. The molecule has 6 heteroatoms. The lowest BCUT2D eigenvalue weighted by atomic mass is 10.2. The van der Waals surface area contributed by atoms with Gasteiger partial charge in [-0.2, -0.15) is 0 Å². The highest BCUT2D eigenvalue weighted by atomic mass is 35.5. The summed E-state index contributed by atoms with van der Waals surface area (Å²) in [4.78, 5) is 15.8. The lowest BCUT2D eigenvalue weighted by molar-refractivity contribution is -0.117. The first kappa shape index (κ1) is 15.8. The van der Waals surface area contributed by atoms with Gasteiger partial charge in [-0.05, 0) is 43.0 Å². The number of nitrogens with zero attached hydrogens (tertiary/aromatic N) is 1. The van der Waals surface area contributed by atoms with Crippen molar-refractivity contribution in [2.45, 2.75) is 18.9 Å². The van der Waals surface area contributed by atoms with Crippen LogP contribution in [0.15, 0.2) is 35.7 Å². The molecule has 3 nitrogen and oxygen atoms in total. The van der Waals surface area contributed by atoms with Crippen LogP contribution in [0.2, 0.25) is 10.0 Å². The van der Waals surface area contributed by atoms with E-state index in [1.165, 1.54) is 4.88 Å². The number of benzene rings is 1. The summed E-state index contributed by atoms with van der Waals surface area (Å²) in [5.74, 6) is -0.0624. The Labute approximate surface area is 143 Å². The second-order valence-electron chi connectivity index (χ2n) is 5.29. The number of carbonyl (C=O) groups excluding carboxylic acids is 1. The number of hydrogen-bond donors (Lipinski definition) is 1. The Hall–Kier alpha value is -1.07. The van der Waals surface area contributed by atoms with Crippen molar-refractivity contribution >= 4 is 46.1 Å². The molecule has 0 unspecified atom stereocenters. The summed E-state index contributed by atoms with van der Waals surface area (Å²) in [6.07, 6.45) is 2.22. The normalized spacial score (nSPS) is 18.5. The molecule has 1 aromatic carbocycles. The monoisotopic (exact) mass is 354 g/mol. The lowest BCUT2D eigenvalue weighted by Gasteiger charge is -2.23. The third kappa shape index (κ3) is 3.46. The average molecular weight is 355 g/mol. The van der Waals surface area contributed by atoms with E-state index in [1.54, 1.807) is 29.5 Å². The molecule has 1 aromatic heterocycles. The van der Waals surface area contributed by atoms with Crippen molar-refractivity contribution < 1.29 is 4.79 Å². The maximum Gasteiger partial charge on any atom is 0.238 e. The number of hydrogen-bond acceptors (Lipinski definition) is 3. The molecule has 1 atom stereocenters. The van der Waals surface area contributed by atoms with Crippen LogP contribution in [-0.2, 0) is 4.79 Å². The SMILES string of the molecule is O=C(CN1CCC[C@@H]1c1cccs1)Nc1cccc(Cl)c1Cl. The quantitative estimate of drug-likeness (QED) is 0.852. The van der Waals surface area contributed by atoms with Gasteiger partial charge in [0.1, 0.15) is 0 Å². The van der Waals surface area contributed by atoms with Crippen LogP contribution in [0.4, 0.5) is 5.69 Å². The first-order valence-corrected chi connectivity index (χ1v) is 8.80. The van der Waals surface area contributed by atoms with E-state index in [0.29, 0.717) is 28.3 Å². The van der Waals surface area contributed by atoms with Gasteiger partial charge in [-0.15, -0.1) is 11.3 Å². The highest BCUT2D eigenvalue weighted by Crippen LogP contribution is 2.34. The van der Waals surface area contributed by atoms with Crippen molar-refractivity contribution in [3.8, 4) is 0 Å². The van der Waals surface area contributed by atoms with Crippen LogP contribution in [0.25, 0.3) is 0 Å². The van der Waals surface area contributed by atoms with E-state index in [-0.39, 0.29) is 5.91 Å². The molecule has 0 spiro atoms. The fourth-order valence-corrected chi connectivity index (χ4v) is 4.04. The zero-order valence-electron chi connectivity index (χ0n) is 11.9. The summed E-state index contributed by atoms with van der Waals surface area (Å²) in [6, 6.07) is 9.77. The molecule has 1 N–H and O–H groups in total. The smallest absolute Gasteiger partial charge is 0.238 e. The lowest BCUT2D eigenvalue weighted by Crippen LogP contribution is -2.32. The standard InChI is InChI=1S/C16H16Cl2N2OS/c17-11-4-1-5-12(16(11)18)19-15(21)10-20-8-2-6-13(20)14-7-3-9-22-14/h1,3-5,7,9,13H,2,6,8,10H2,(H,19,21)/t13-/m1/s1. The molecule has 116 valence electrons. The zero-order valence-corrected chi connectivity index (χ0v) is 14.2. The fraction of sp³-hybridized carbons (Fsp3) is 0.312. The van der Waals surface area contributed by atoms with E-state index in [2.05, 4.69) is 27.7 Å². The maximum absolute atomic E-state index is 12.3. The highest BCUT2D eigenvalue weighted by Gasteiger charge is 2.28. The second kappa shape index (κ2) is 7.01. The number of anilines is 1. The predicted octanol–water partition coefficient (Wildman–Crippen LogP) is 4.83. The van der Waals surface area contributed by atoms with Gasteiger partial charge in [-0.3, -0.25) is 9.69 Å². The van der Waals surface area contributed by atoms with Crippen LogP contribution in [-0.4, -0.2) is 23.9 Å². The van der Waals surface area contributed by atoms with Crippen molar-refractivity contribution in [1.82, 2.24) is 4.90 Å². The molecule has 22 heavy (non-hydrogen) atoms. The number of halogens is 2. The molecule has 0 radical (unpaired) electrons. The third-order valence-electron chi connectivity index (χ3n) is 3.81. The van der Waals surface area contributed by atoms with Gasteiger partial charge in [0.15, 0.2) is 0 Å². The highest BCUT2D eigenvalue weighted by molar-refractivity contribution is 7.10. The van der Waals surface area contributed by atoms with E-state index >= 15 is 0 Å². The Kier molecular flexibility index (Phi) is 5.03. The summed E-state index contributed by atoms with van der Waals surface area (Å²) in [5.41, 5.74) is 0.561. The largest absolute Gasteiger partial charge is 0.324 e. The van der Waals surface area contributed by atoms with Gasteiger partial charge in [-0.1, -0.05) is 35.3 Å². The molecule has 3 rings (SSSR count). The molecule has 1 aliphatic heterocycles. The van der Waals surface area contributed by atoms with Crippen molar-refractivity contribution in [3.63, 3.8) is 0 Å². The van der Waals surface area contributed by atoms with Crippen LogP contribution < -0.4 is 5.32 Å². The summed E-state index contributed by atoms with van der Waals surface area (Å²) in [6.45, 7) is 1.31. The van der Waals surface area contributed by atoms with Crippen LogP contribution in [0.3, 0.4) is 0 Å². The molecule has 1 saturated heterocycles. The minimum Gasteiger partial charge on any atom is -0.324 e. The zero-order chi connectivity index (χ0) is 15.5. The molecule has 0 aliphatic carbocycles. The Morgan fingerprint density at radius 2 is 2.18 bits per heavy atom. The Bertz CT molecular complexity index is 660. The Balaban J connectivity index is 1.65. The van der Waals surface area contributed by atoms with E-state index in [9.17, 15) is 4.79 Å². The van der Waals surface area contributed by atoms with Crippen LogP contribution in [0, 0.1) is 0 Å². The van der Waals surface area contributed by atoms with Crippen molar-refractivity contribution in [3.05, 3.63) is 50.6 Å². The maximum atomic E-state index is 12.3. The molecule has 1 fully saturated rings. The summed E-state index contributed by atoms with van der Waals surface area (Å²) in [7, 11) is 0. The number of carbonyl (C=O) groups is 1. The number of rotatable bonds is 4. The van der Waals surface area contributed by atoms with Crippen LogP contribution >= 0.6 is 34.5 Å². The number of thiophene rings is 1. The van der Waals surface area contributed by atoms with E-state index in [1.807, 2.05) is 0 Å². The molecular formula is C16H16Cl2N2OS. The van der Waals surface area contributed by atoms with Crippen molar-refractivity contribution in [1.29, 1.82) is 0 Å². The number of nitrogens with one attached hydrogen (secondary N) is 1. The molecule has 0 bridgehead atoms. The van der Waals surface area contributed by atoms with Gasteiger partial charge < -0.3 is 5.32 Å². The summed E-state index contributed by atoms with van der Waals surface area (Å²) in [5, 5.41) is 5.76. The van der Waals surface area contributed by atoms with Crippen LogP contribution in [0.1, 0.15) is 23.8 Å². The van der Waals surface area contributed by atoms with Gasteiger partial charge in [0.2, 0.25) is 5.91 Å². The number of amides is 1. The van der Waals surface area contributed by atoms with E-state index < -0.39 is 0 Å². The first-order chi connectivity index (χ1) is 10.6. The van der Waals surface area contributed by atoms with E-state index in [0.717, 1.165) is 19.4 Å². The van der Waals surface area contributed by atoms with Gasteiger partial charge in [0, 0.05) is 10.9 Å². The fourth-order valence-electron chi connectivity index (χ4n) is 2.79. The molecule has 1 amide bonds. The Morgan fingerprint density at radius 1 is 1.32 bits per heavy atom. The summed E-state index contributed by atoms with van der Waals surface area (Å²) >= 11 is 13.8. The van der Waals surface area contributed by atoms with Gasteiger partial charge in [0.05, 0.1) is 22.3 Å². The van der Waals surface area contributed by atoms with Gasteiger partial charge >= 0.3 is 0 Å². The minimum absolute atomic E-state index is 0.0624. The van der Waals surface area contributed by atoms with E-state index in [4.69, 9.17) is 23.2 Å². The first-order valence-electron chi connectivity index (χ1n) is 7.16. The molecule has 1 aliphatic rings. The van der Waals surface area contributed by atoms with Gasteiger partial charge in [0.25, 0.3) is 0 Å². The van der Waals surface area contributed by atoms with Gasteiger partial charge in [-0.25, -0.2) is 0 Å². The molecule has 0 saturated carbocycles. The average Bonchev–Trinajstić information content (AvgIpc) is 3.14. The Morgan fingerprint density at radius 3 is 2.95 bits per heavy atom. The molecular weight excluding hydrogens is 339 g/mol. The van der Waals surface area contributed by atoms with Crippen molar-refractivity contribution in [2.75, 3.05) is 18.4 Å². The predicted molar refractivity (Wildman–Crippen MR) is 93.0 cm³/mol. The second-order valence-corrected chi connectivity index (χ2v) is 7.06. The van der Waals surface area contributed by atoms with Crippen LogP contribution in [0.5, 0.6) is 0 Å². The minimum atomic E-state index is -0.0624. The topological polar surface area (TPSA) is 32.3 Å². The third-order valence-corrected chi connectivity index (χ3v) is 5.60. The van der Waals surface area contributed by atoms with Crippen molar-refractivity contribution in [2.24, 2.45) is 0 Å². The molecule has 2 heterocycles. The number of likely N-dealkylation sites (tertiary alicyclic amines) is 1.